The van der Waals surface area contributed by atoms with Gasteiger partial charge in [-0.15, -0.1) is 0 Å². The fourth-order valence-corrected chi connectivity index (χ4v) is 3.56. The van der Waals surface area contributed by atoms with Crippen LogP contribution in [0.25, 0.3) is 11.1 Å². The zero-order valence-corrected chi connectivity index (χ0v) is 12.4. The monoisotopic (exact) mass is 270 g/mol. The van der Waals surface area contributed by atoms with E-state index >= 15 is 0 Å². The predicted molar refractivity (Wildman–Crippen MR) is 88.7 cm³/mol. The van der Waals surface area contributed by atoms with Crippen LogP contribution in [0.5, 0.6) is 0 Å². The van der Waals surface area contributed by atoms with E-state index in [0.717, 1.165) is 0 Å². The minimum Gasteiger partial charge on any atom is -0.0619 e. The van der Waals surface area contributed by atoms with Gasteiger partial charge >= 0.3 is 0 Å². The molecule has 102 valence electrons. The molecule has 21 heavy (non-hydrogen) atoms. The van der Waals surface area contributed by atoms with Gasteiger partial charge in [-0.2, -0.15) is 0 Å². The average molecular weight is 270 g/mol. The molecular weight excluding hydrogens is 252 g/mol. The van der Waals surface area contributed by atoms with Gasteiger partial charge in [0.15, 0.2) is 0 Å². The maximum atomic E-state index is 2.35. The van der Waals surface area contributed by atoms with Gasteiger partial charge in [0, 0.05) is 5.92 Å². The average Bonchev–Trinajstić information content (AvgIpc) is 2.84. The molecule has 0 spiro atoms. The van der Waals surface area contributed by atoms with E-state index in [-0.39, 0.29) is 0 Å². The molecule has 0 heteroatoms. The fourth-order valence-electron chi connectivity index (χ4n) is 3.56. The minimum atomic E-state index is 0.372. The maximum Gasteiger partial charge on any atom is 0.0355 e. The molecule has 0 N–H and O–H groups in total. The summed E-state index contributed by atoms with van der Waals surface area (Å²) >= 11 is 0. The number of benzene rings is 3. The molecule has 0 unspecified atom stereocenters. The van der Waals surface area contributed by atoms with Crippen LogP contribution in [0.15, 0.2) is 66.7 Å². The molecule has 0 fully saturated rings. The van der Waals surface area contributed by atoms with Crippen LogP contribution in [0.4, 0.5) is 0 Å². The highest BCUT2D eigenvalue weighted by Crippen LogP contribution is 2.48. The summed E-state index contributed by atoms with van der Waals surface area (Å²) in [4.78, 5) is 0. The molecule has 0 aliphatic heterocycles. The fraction of sp³-hybridized carbons (Fsp3) is 0.143. The van der Waals surface area contributed by atoms with E-state index in [0.29, 0.717) is 5.92 Å². The highest BCUT2D eigenvalue weighted by atomic mass is 14.3. The van der Waals surface area contributed by atoms with E-state index in [2.05, 4.69) is 80.6 Å². The smallest absolute Gasteiger partial charge is 0.0355 e. The van der Waals surface area contributed by atoms with Crippen molar-refractivity contribution in [3.05, 3.63) is 94.5 Å². The van der Waals surface area contributed by atoms with Gasteiger partial charge in [-0.3, -0.25) is 0 Å². The lowest BCUT2D eigenvalue weighted by Gasteiger charge is -2.17. The summed E-state index contributed by atoms with van der Waals surface area (Å²) in [7, 11) is 0. The second-order valence-electron chi connectivity index (χ2n) is 5.97. The Morgan fingerprint density at radius 1 is 0.619 bits per heavy atom. The Morgan fingerprint density at radius 3 is 1.81 bits per heavy atom. The molecule has 0 amide bonds. The molecule has 0 nitrogen and oxygen atoms in total. The van der Waals surface area contributed by atoms with E-state index in [1.54, 1.807) is 0 Å². The van der Waals surface area contributed by atoms with Crippen LogP contribution in [0, 0.1) is 13.8 Å². The van der Waals surface area contributed by atoms with Crippen molar-refractivity contribution in [2.75, 3.05) is 0 Å². The summed E-state index contributed by atoms with van der Waals surface area (Å²) in [6.07, 6.45) is 0. The number of rotatable bonds is 1. The van der Waals surface area contributed by atoms with Gasteiger partial charge in [0.2, 0.25) is 0 Å². The number of aryl methyl sites for hydroxylation is 2. The summed E-state index contributed by atoms with van der Waals surface area (Å²) in [6, 6.07) is 24.4. The van der Waals surface area contributed by atoms with E-state index in [9.17, 15) is 0 Å². The standard InChI is InChI=1S/C21H18/c1-14-11-12-15(2)20(13-14)21-18-9-5-3-7-16(18)17-8-4-6-10-19(17)21/h3-13,21H,1-2H3. The Hall–Kier alpha value is -2.34. The largest absolute Gasteiger partial charge is 0.0619 e. The first-order valence-electron chi connectivity index (χ1n) is 7.51. The Balaban J connectivity index is 2.03. The van der Waals surface area contributed by atoms with Crippen molar-refractivity contribution in [1.82, 2.24) is 0 Å². The summed E-state index contributed by atoms with van der Waals surface area (Å²) in [5, 5.41) is 0. The lowest BCUT2D eigenvalue weighted by molar-refractivity contribution is 0.993. The van der Waals surface area contributed by atoms with E-state index < -0.39 is 0 Å². The second-order valence-corrected chi connectivity index (χ2v) is 5.97. The van der Waals surface area contributed by atoms with Crippen LogP contribution in [0.1, 0.15) is 33.7 Å². The topological polar surface area (TPSA) is 0 Å². The zero-order valence-electron chi connectivity index (χ0n) is 12.4. The zero-order chi connectivity index (χ0) is 14.4. The molecule has 0 aromatic heterocycles. The van der Waals surface area contributed by atoms with Crippen molar-refractivity contribution in [2.24, 2.45) is 0 Å². The number of hydrogen-bond donors (Lipinski definition) is 0. The molecule has 0 bridgehead atoms. The van der Waals surface area contributed by atoms with Gasteiger partial charge in [-0.25, -0.2) is 0 Å². The highest BCUT2D eigenvalue weighted by Gasteiger charge is 2.29. The summed E-state index contributed by atoms with van der Waals surface area (Å²) in [5.41, 5.74) is 9.79. The van der Waals surface area contributed by atoms with Gasteiger partial charge in [0.05, 0.1) is 0 Å². The van der Waals surface area contributed by atoms with Crippen LogP contribution in [0.2, 0.25) is 0 Å². The SMILES string of the molecule is Cc1ccc(C)c(C2c3ccccc3-c3ccccc32)c1. The van der Waals surface area contributed by atoms with Crippen LogP contribution in [-0.4, -0.2) is 0 Å². The first-order chi connectivity index (χ1) is 10.3. The predicted octanol–water partition coefficient (Wildman–Crippen LogP) is 5.46. The molecule has 3 aromatic carbocycles. The minimum absolute atomic E-state index is 0.372. The number of fused-ring (bicyclic) bond motifs is 3. The third-order valence-electron chi connectivity index (χ3n) is 4.58. The van der Waals surface area contributed by atoms with Crippen LogP contribution in [0.3, 0.4) is 0 Å². The normalized spacial score (nSPS) is 13.0. The summed E-state index contributed by atoms with van der Waals surface area (Å²) in [5.74, 6) is 0.372. The molecule has 0 radical (unpaired) electrons. The van der Waals surface area contributed by atoms with E-state index in [1.807, 2.05) is 0 Å². The van der Waals surface area contributed by atoms with Crippen LogP contribution >= 0.6 is 0 Å². The van der Waals surface area contributed by atoms with Crippen molar-refractivity contribution in [3.63, 3.8) is 0 Å². The van der Waals surface area contributed by atoms with E-state index in [4.69, 9.17) is 0 Å². The Bertz CT molecular complexity index is 781. The van der Waals surface area contributed by atoms with Crippen LogP contribution in [-0.2, 0) is 0 Å². The third-order valence-corrected chi connectivity index (χ3v) is 4.58. The van der Waals surface area contributed by atoms with Crippen molar-refractivity contribution >= 4 is 0 Å². The quantitative estimate of drug-likeness (QED) is 0.430. The molecular formula is C21H18. The molecule has 4 rings (SSSR count). The first kappa shape index (κ1) is 12.4. The van der Waals surface area contributed by atoms with Crippen molar-refractivity contribution in [2.45, 2.75) is 19.8 Å². The Labute approximate surface area is 126 Å². The first-order valence-corrected chi connectivity index (χ1v) is 7.51. The van der Waals surface area contributed by atoms with Crippen molar-refractivity contribution < 1.29 is 0 Å². The number of hydrogen-bond acceptors (Lipinski definition) is 0. The van der Waals surface area contributed by atoms with E-state index in [1.165, 1.54) is 38.9 Å². The molecule has 1 aliphatic carbocycles. The molecule has 3 aromatic rings. The molecule has 0 saturated heterocycles. The van der Waals surface area contributed by atoms with Crippen molar-refractivity contribution in [1.29, 1.82) is 0 Å². The van der Waals surface area contributed by atoms with Crippen LogP contribution < -0.4 is 0 Å². The molecule has 0 heterocycles. The summed E-state index contributed by atoms with van der Waals surface area (Å²) in [6.45, 7) is 4.40. The lowest BCUT2D eigenvalue weighted by atomic mass is 9.86. The Morgan fingerprint density at radius 2 is 1.19 bits per heavy atom. The van der Waals surface area contributed by atoms with Gasteiger partial charge in [0.1, 0.15) is 0 Å². The second kappa shape index (κ2) is 4.60. The van der Waals surface area contributed by atoms with Gasteiger partial charge < -0.3 is 0 Å². The molecule has 1 aliphatic rings. The molecule has 0 atom stereocenters. The maximum absolute atomic E-state index is 2.35. The molecule has 0 saturated carbocycles. The summed E-state index contributed by atoms with van der Waals surface area (Å²) < 4.78 is 0. The van der Waals surface area contributed by atoms with Gasteiger partial charge in [-0.05, 0) is 47.2 Å². The lowest BCUT2D eigenvalue weighted by Crippen LogP contribution is -2.02. The Kier molecular flexibility index (Phi) is 2.71. The highest BCUT2D eigenvalue weighted by molar-refractivity contribution is 5.80. The van der Waals surface area contributed by atoms with Gasteiger partial charge in [0.25, 0.3) is 0 Å². The van der Waals surface area contributed by atoms with Gasteiger partial charge in [-0.1, -0.05) is 72.3 Å². The third kappa shape index (κ3) is 1.83. The van der Waals surface area contributed by atoms with Crippen molar-refractivity contribution in [3.8, 4) is 11.1 Å².